The summed E-state index contributed by atoms with van der Waals surface area (Å²) in [5.41, 5.74) is 1.05. The van der Waals surface area contributed by atoms with E-state index in [4.69, 9.17) is 14.2 Å². The highest BCUT2D eigenvalue weighted by atomic mass is 16.7. The molecule has 3 nitrogen and oxygen atoms in total. The maximum atomic E-state index is 5.43. The number of hydrogen-bond donors (Lipinski definition) is 0. The molecule has 13 heavy (non-hydrogen) atoms. The van der Waals surface area contributed by atoms with E-state index in [1.54, 1.807) is 0 Å². The third kappa shape index (κ3) is 0.967. The van der Waals surface area contributed by atoms with E-state index in [1.807, 2.05) is 24.3 Å². The standard InChI is InChI=1S/C10H8O3/c1-2-7-4-9-10(13-6-12-9)5-8(7)11-3-1/h1-2,4-5H,3,6H2. The molecule has 0 radical (unpaired) electrons. The molecule has 0 N–H and O–H groups in total. The molecule has 0 bridgehead atoms. The monoisotopic (exact) mass is 176 g/mol. The Morgan fingerprint density at radius 3 is 2.69 bits per heavy atom. The first-order valence-electron chi connectivity index (χ1n) is 4.16. The van der Waals surface area contributed by atoms with Gasteiger partial charge < -0.3 is 14.2 Å². The van der Waals surface area contributed by atoms with Crippen molar-refractivity contribution in [3.63, 3.8) is 0 Å². The fraction of sp³-hybridized carbons (Fsp3) is 0.200. The normalized spacial score (nSPS) is 16.6. The molecule has 2 aliphatic heterocycles. The number of fused-ring (bicyclic) bond motifs is 2. The van der Waals surface area contributed by atoms with E-state index in [0.717, 1.165) is 22.8 Å². The lowest BCUT2D eigenvalue weighted by Crippen LogP contribution is -1.99. The van der Waals surface area contributed by atoms with Gasteiger partial charge in [-0.25, -0.2) is 0 Å². The van der Waals surface area contributed by atoms with Gasteiger partial charge in [-0.15, -0.1) is 0 Å². The summed E-state index contributed by atoms with van der Waals surface area (Å²) in [6.45, 7) is 0.939. The van der Waals surface area contributed by atoms with Crippen molar-refractivity contribution in [1.82, 2.24) is 0 Å². The highest BCUT2D eigenvalue weighted by Gasteiger charge is 2.17. The van der Waals surface area contributed by atoms with Crippen LogP contribution >= 0.6 is 0 Å². The molecule has 1 aromatic carbocycles. The summed E-state index contributed by atoms with van der Waals surface area (Å²) in [6, 6.07) is 3.81. The molecule has 0 saturated heterocycles. The van der Waals surface area contributed by atoms with Gasteiger partial charge in [-0.05, 0) is 12.1 Å². The summed E-state index contributed by atoms with van der Waals surface area (Å²) in [4.78, 5) is 0. The summed E-state index contributed by atoms with van der Waals surface area (Å²) in [5.74, 6) is 2.44. The zero-order valence-corrected chi connectivity index (χ0v) is 6.95. The second kappa shape index (κ2) is 2.42. The van der Waals surface area contributed by atoms with Gasteiger partial charge in [0.15, 0.2) is 11.5 Å². The largest absolute Gasteiger partial charge is 0.489 e. The summed E-state index contributed by atoms with van der Waals surface area (Å²) < 4.78 is 15.9. The van der Waals surface area contributed by atoms with Gasteiger partial charge in [-0.3, -0.25) is 0 Å². The second-order valence-electron chi connectivity index (χ2n) is 2.96. The molecule has 3 heteroatoms. The van der Waals surface area contributed by atoms with Crippen molar-refractivity contribution >= 4 is 6.08 Å². The minimum atomic E-state index is 0.307. The molecule has 0 aromatic heterocycles. The molecule has 0 fully saturated rings. The van der Waals surface area contributed by atoms with Gasteiger partial charge in [0.2, 0.25) is 6.79 Å². The SMILES string of the molecule is C1=Cc2cc3c(cc2OC1)OCO3. The third-order valence-corrected chi connectivity index (χ3v) is 2.14. The van der Waals surface area contributed by atoms with Crippen LogP contribution in [0.3, 0.4) is 0 Å². The van der Waals surface area contributed by atoms with Crippen LogP contribution in [0.2, 0.25) is 0 Å². The van der Waals surface area contributed by atoms with Crippen LogP contribution in [-0.2, 0) is 0 Å². The average Bonchev–Trinajstić information content (AvgIpc) is 2.61. The van der Waals surface area contributed by atoms with Crippen molar-refractivity contribution < 1.29 is 14.2 Å². The highest BCUT2D eigenvalue weighted by Crippen LogP contribution is 2.39. The quantitative estimate of drug-likeness (QED) is 0.603. The van der Waals surface area contributed by atoms with E-state index in [0.29, 0.717) is 13.4 Å². The number of rotatable bonds is 0. The number of hydrogen-bond acceptors (Lipinski definition) is 3. The van der Waals surface area contributed by atoms with Gasteiger partial charge in [-0.2, -0.15) is 0 Å². The zero-order valence-electron chi connectivity index (χ0n) is 6.95. The molecule has 2 aliphatic rings. The maximum Gasteiger partial charge on any atom is 0.231 e. The molecule has 0 saturated carbocycles. The van der Waals surface area contributed by atoms with Crippen molar-refractivity contribution in [1.29, 1.82) is 0 Å². The van der Waals surface area contributed by atoms with Gasteiger partial charge in [-0.1, -0.05) is 6.08 Å². The molecule has 0 unspecified atom stereocenters. The van der Waals surface area contributed by atoms with Gasteiger partial charge in [0.25, 0.3) is 0 Å². The first-order chi connectivity index (χ1) is 6.43. The molecule has 0 spiro atoms. The van der Waals surface area contributed by atoms with Crippen molar-refractivity contribution in [3.8, 4) is 17.2 Å². The smallest absolute Gasteiger partial charge is 0.231 e. The first kappa shape index (κ1) is 6.83. The Morgan fingerprint density at radius 2 is 1.77 bits per heavy atom. The van der Waals surface area contributed by atoms with Gasteiger partial charge >= 0.3 is 0 Å². The number of ether oxygens (including phenoxy) is 3. The van der Waals surface area contributed by atoms with Crippen LogP contribution < -0.4 is 14.2 Å². The topological polar surface area (TPSA) is 27.7 Å². The Bertz CT molecular complexity index is 382. The molecule has 0 amide bonds. The molecule has 0 aliphatic carbocycles. The van der Waals surface area contributed by atoms with Gasteiger partial charge in [0.1, 0.15) is 12.4 Å². The minimum Gasteiger partial charge on any atom is -0.489 e. The molecular weight excluding hydrogens is 168 g/mol. The molecule has 1 aromatic rings. The van der Waals surface area contributed by atoms with E-state index in [9.17, 15) is 0 Å². The number of benzene rings is 1. The summed E-state index contributed by atoms with van der Waals surface area (Å²) in [6.07, 6.45) is 4.01. The van der Waals surface area contributed by atoms with Crippen LogP contribution in [0.5, 0.6) is 17.2 Å². The molecular formula is C10H8O3. The summed E-state index contributed by atoms with van der Waals surface area (Å²) >= 11 is 0. The van der Waals surface area contributed by atoms with Crippen LogP contribution in [0.4, 0.5) is 0 Å². The lowest BCUT2D eigenvalue weighted by Gasteiger charge is -2.12. The Balaban J connectivity index is 2.18. The Morgan fingerprint density at radius 1 is 0.923 bits per heavy atom. The van der Waals surface area contributed by atoms with Crippen LogP contribution in [0.1, 0.15) is 5.56 Å². The van der Waals surface area contributed by atoms with Crippen molar-refractivity contribution in [2.75, 3.05) is 13.4 Å². The Kier molecular flexibility index (Phi) is 1.27. The average molecular weight is 176 g/mol. The van der Waals surface area contributed by atoms with Crippen LogP contribution in [0.15, 0.2) is 18.2 Å². The lowest BCUT2D eigenvalue weighted by molar-refractivity contribution is 0.174. The van der Waals surface area contributed by atoms with Crippen LogP contribution in [0, 0.1) is 0 Å². The second-order valence-corrected chi connectivity index (χ2v) is 2.96. The van der Waals surface area contributed by atoms with Crippen LogP contribution in [-0.4, -0.2) is 13.4 Å². The van der Waals surface area contributed by atoms with Crippen molar-refractivity contribution in [3.05, 3.63) is 23.8 Å². The fourth-order valence-electron chi connectivity index (χ4n) is 1.51. The first-order valence-corrected chi connectivity index (χ1v) is 4.16. The predicted molar refractivity (Wildman–Crippen MR) is 47.1 cm³/mol. The van der Waals surface area contributed by atoms with E-state index in [-0.39, 0.29) is 0 Å². The van der Waals surface area contributed by atoms with E-state index >= 15 is 0 Å². The van der Waals surface area contributed by atoms with Gasteiger partial charge in [0.05, 0.1) is 0 Å². The highest BCUT2D eigenvalue weighted by molar-refractivity contribution is 5.65. The Labute approximate surface area is 75.5 Å². The zero-order chi connectivity index (χ0) is 8.67. The lowest BCUT2D eigenvalue weighted by atomic mass is 10.1. The van der Waals surface area contributed by atoms with Crippen molar-refractivity contribution in [2.45, 2.75) is 0 Å². The third-order valence-electron chi connectivity index (χ3n) is 2.14. The Hall–Kier alpha value is -1.64. The molecule has 2 heterocycles. The maximum absolute atomic E-state index is 5.43. The molecule has 3 rings (SSSR count). The van der Waals surface area contributed by atoms with Gasteiger partial charge in [0, 0.05) is 11.6 Å². The van der Waals surface area contributed by atoms with E-state index in [2.05, 4.69) is 0 Å². The van der Waals surface area contributed by atoms with Crippen molar-refractivity contribution in [2.24, 2.45) is 0 Å². The van der Waals surface area contributed by atoms with Crippen LogP contribution in [0.25, 0.3) is 6.08 Å². The molecule has 0 atom stereocenters. The summed E-state index contributed by atoms with van der Waals surface area (Å²) in [7, 11) is 0. The minimum absolute atomic E-state index is 0.307. The van der Waals surface area contributed by atoms with E-state index < -0.39 is 0 Å². The fourth-order valence-corrected chi connectivity index (χ4v) is 1.51. The molecule has 66 valence electrons. The predicted octanol–water partition coefficient (Wildman–Crippen LogP) is 1.82. The summed E-state index contributed by atoms with van der Waals surface area (Å²) in [5, 5.41) is 0. The van der Waals surface area contributed by atoms with E-state index in [1.165, 1.54) is 0 Å².